The molecule has 1 aliphatic heterocycles. The standard InChI is InChI=1S/C25H26N2O2/c1-4-16-27-24(26-21-13-9-8-12-20(21)25(27)28)23-19-11-7-6-10-18(19)14-15-22(23)29-17(3)5-2/h4,6-15,17,24,26H,1,5,16H2,2-3H3. The molecule has 0 aliphatic carbocycles. The summed E-state index contributed by atoms with van der Waals surface area (Å²) in [5, 5.41) is 5.77. The average Bonchev–Trinajstić information content (AvgIpc) is 2.75. The molecule has 4 nitrogen and oxygen atoms in total. The van der Waals surface area contributed by atoms with Crippen molar-refractivity contribution in [3.8, 4) is 5.75 Å². The maximum atomic E-state index is 13.3. The van der Waals surface area contributed by atoms with Gasteiger partial charge < -0.3 is 15.0 Å². The monoisotopic (exact) mass is 386 g/mol. The third-order valence-electron chi connectivity index (χ3n) is 5.46. The highest BCUT2D eigenvalue weighted by molar-refractivity contribution is 6.02. The molecule has 1 heterocycles. The Morgan fingerprint density at radius 1 is 1.14 bits per heavy atom. The number of benzene rings is 3. The molecule has 0 radical (unpaired) electrons. The van der Waals surface area contributed by atoms with Crippen LogP contribution in [0.2, 0.25) is 0 Å². The highest BCUT2D eigenvalue weighted by atomic mass is 16.5. The van der Waals surface area contributed by atoms with E-state index in [9.17, 15) is 4.79 Å². The number of nitrogens with one attached hydrogen (secondary N) is 1. The SMILES string of the molecule is C=CCN1C(=O)c2ccccc2NC1c1c(OC(C)CC)ccc2ccccc12. The lowest BCUT2D eigenvalue weighted by molar-refractivity contribution is 0.0705. The number of carbonyl (C=O) groups is 1. The lowest BCUT2D eigenvalue weighted by Gasteiger charge is -2.39. The van der Waals surface area contributed by atoms with Crippen molar-refractivity contribution in [3.63, 3.8) is 0 Å². The van der Waals surface area contributed by atoms with Gasteiger partial charge in [0.2, 0.25) is 0 Å². The van der Waals surface area contributed by atoms with Crippen LogP contribution in [-0.2, 0) is 0 Å². The third kappa shape index (κ3) is 3.46. The van der Waals surface area contributed by atoms with Crippen molar-refractivity contribution in [2.75, 3.05) is 11.9 Å². The highest BCUT2D eigenvalue weighted by Gasteiger charge is 2.34. The van der Waals surface area contributed by atoms with Crippen LogP contribution in [0.25, 0.3) is 10.8 Å². The van der Waals surface area contributed by atoms with E-state index < -0.39 is 0 Å². The van der Waals surface area contributed by atoms with Gasteiger partial charge in [-0.05, 0) is 42.3 Å². The van der Waals surface area contributed by atoms with Gasteiger partial charge in [-0.25, -0.2) is 0 Å². The fourth-order valence-electron chi connectivity index (χ4n) is 3.81. The summed E-state index contributed by atoms with van der Waals surface area (Å²) < 4.78 is 6.30. The van der Waals surface area contributed by atoms with Crippen LogP contribution in [0.4, 0.5) is 5.69 Å². The van der Waals surface area contributed by atoms with E-state index in [-0.39, 0.29) is 18.2 Å². The number of carbonyl (C=O) groups excluding carboxylic acids is 1. The summed E-state index contributed by atoms with van der Waals surface area (Å²) in [6.45, 7) is 8.48. The Morgan fingerprint density at radius 3 is 2.69 bits per heavy atom. The molecule has 3 aromatic rings. The molecule has 0 fully saturated rings. The largest absolute Gasteiger partial charge is 0.490 e. The fourth-order valence-corrected chi connectivity index (χ4v) is 3.81. The number of para-hydroxylation sites is 1. The van der Waals surface area contributed by atoms with Crippen LogP contribution in [0.1, 0.15) is 42.4 Å². The fraction of sp³-hybridized carbons (Fsp3) is 0.240. The van der Waals surface area contributed by atoms with E-state index >= 15 is 0 Å². The average molecular weight is 386 g/mol. The van der Waals surface area contributed by atoms with Gasteiger partial charge in [0.05, 0.1) is 11.7 Å². The predicted molar refractivity (Wildman–Crippen MR) is 118 cm³/mol. The van der Waals surface area contributed by atoms with Crippen LogP contribution in [-0.4, -0.2) is 23.5 Å². The summed E-state index contributed by atoms with van der Waals surface area (Å²) in [7, 11) is 0. The predicted octanol–water partition coefficient (Wildman–Crippen LogP) is 5.77. The molecule has 2 atom stereocenters. The molecule has 0 spiro atoms. The van der Waals surface area contributed by atoms with Gasteiger partial charge in [-0.2, -0.15) is 0 Å². The van der Waals surface area contributed by atoms with Gasteiger partial charge in [-0.15, -0.1) is 6.58 Å². The Hall–Kier alpha value is -3.27. The van der Waals surface area contributed by atoms with Gasteiger partial charge in [0.25, 0.3) is 5.91 Å². The lowest BCUT2D eigenvalue weighted by atomic mass is 9.97. The van der Waals surface area contributed by atoms with E-state index in [1.807, 2.05) is 47.4 Å². The number of anilines is 1. The minimum atomic E-state index is -0.347. The first-order valence-electron chi connectivity index (χ1n) is 10.1. The molecular formula is C25H26N2O2. The van der Waals surface area contributed by atoms with Crippen LogP contribution in [0.15, 0.2) is 73.3 Å². The zero-order chi connectivity index (χ0) is 20.4. The van der Waals surface area contributed by atoms with Crippen molar-refractivity contribution in [1.82, 2.24) is 4.90 Å². The lowest BCUT2D eigenvalue weighted by Crippen LogP contribution is -2.43. The van der Waals surface area contributed by atoms with E-state index in [1.165, 1.54) is 0 Å². The molecule has 1 N–H and O–H groups in total. The molecule has 29 heavy (non-hydrogen) atoms. The second kappa shape index (κ2) is 8.00. The van der Waals surface area contributed by atoms with E-state index in [1.54, 1.807) is 6.08 Å². The third-order valence-corrected chi connectivity index (χ3v) is 5.46. The second-order valence-corrected chi connectivity index (χ2v) is 7.37. The van der Waals surface area contributed by atoms with Crippen molar-refractivity contribution in [1.29, 1.82) is 0 Å². The maximum Gasteiger partial charge on any atom is 0.258 e. The zero-order valence-electron chi connectivity index (χ0n) is 16.9. The van der Waals surface area contributed by atoms with Gasteiger partial charge in [-0.1, -0.05) is 55.5 Å². The number of hydrogen-bond donors (Lipinski definition) is 1. The Bertz CT molecular complexity index is 1060. The van der Waals surface area contributed by atoms with Crippen LogP contribution in [0.5, 0.6) is 5.75 Å². The Morgan fingerprint density at radius 2 is 1.90 bits per heavy atom. The summed E-state index contributed by atoms with van der Waals surface area (Å²) in [6, 6.07) is 20.0. The summed E-state index contributed by atoms with van der Waals surface area (Å²) >= 11 is 0. The first-order chi connectivity index (χ1) is 14.1. The molecule has 0 aromatic heterocycles. The summed E-state index contributed by atoms with van der Waals surface area (Å²) in [5.41, 5.74) is 2.49. The number of nitrogens with zero attached hydrogens (tertiary/aromatic N) is 1. The van der Waals surface area contributed by atoms with Crippen LogP contribution < -0.4 is 10.1 Å². The molecule has 0 saturated heterocycles. The molecule has 4 rings (SSSR count). The van der Waals surface area contributed by atoms with Crippen LogP contribution >= 0.6 is 0 Å². The summed E-state index contributed by atoms with van der Waals surface area (Å²) in [5.74, 6) is 0.795. The Kier molecular flexibility index (Phi) is 5.26. The van der Waals surface area contributed by atoms with Crippen LogP contribution in [0, 0.1) is 0 Å². The molecule has 2 unspecified atom stereocenters. The van der Waals surface area contributed by atoms with Gasteiger partial charge in [-0.3, -0.25) is 4.79 Å². The van der Waals surface area contributed by atoms with Gasteiger partial charge in [0.15, 0.2) is 0 Å². The number of hydrogen-bond acceptors (Lipinski definition) is 3. The van der Waals surface area contributed by atoms with Crippen molar-refractivity contribution in [3.05, 3.63) is 84.4 Å². The summed E-state index contributed by atoms with van der Waals surface area (Å²) in [4.78, 5) is 15.1. The first kappa shape index (κ1) is 19.1. The number of ether oxygens (including phenoxy) is 1. The van der Waals surface area contributed by atoms with Crippen molar-refractivity contribution in [2.45, 2.75) is 32.5 Å². The van der Waals surface area contributed by atoms with Gasteiger partial charge in [0, 0.05) is 17.8 Å². The smallest absolute Gasteiger partial charge is 0.258 e. The molecule has 0 bridgehead atoms. The zero-order valence-corrected chi connectivity index (χ0v) is 16.9. The molecular weight excluding hydrogens is 360 g/mol. The molecule has 0 saturated carbocycles. The van der Waals surface area contributed by atoms with Crippen molar-refractivity contribution >= 4 is 22.4 Å². The number of amides is 1. The maximum absolute atomic E-state index is 13.3. The number of rotatable bonds is 6. The van der Waals surface area contributed by atoms with Gasteiger partial charge >= 0.3 is 0 Å². The molecule has 4 heteroatoms. The Labute approximate surface area is 171 Å². The first-order valence-corrected chi connectivity index (χ1v) is 10.1. The number of fused-ring (bicyclic) bond motifs is 2. The molecule has 3 aromatic carbocycles. The topological polar surface area (TPSA) is 41.6 Å². The second-order valence-electron chi connectivity index (χ2n) is 7.37. The van der Waals surface area contributed by atoms with E-state index in [0.29, 0.717) is 12.1 Å². The summed E-state index contributed by atoms with van der Waals surface area (Å²) in [6.07, 6.45) is 2.40. The highest BCUT2D eigenvalue weighted by Crippen LogP contribution is 2.41. The molecule has 148 valence electrons. The Balaban J connectivity index is 1.92. The minimum Gasteiger partial charge on any atom is -0.490 e. The quantitative estimate of drug-likeness (QED) is 0.547. The molecule has 1 aliphatic rings. The van der Waals surface area contributed by atoms with E-state index in [0.717, 1.165) is 34.2 Å². The van der Waals surface area contributed by atoms with Gasteiger partial charge in [0.1, 0.15) is 11.9 Å². The van der Waals surface area contributed by atoms with E-state index in [2.05, 4.69) is 43.9 Å². The molecule has 1 amide bonds. The van der Waals surface area contributed by atoms with Crippen molar-refractivity contribution in [2.24, 2.45) is 0 Å². The van der Waals surface area contributed by atoms with Crippen LogP contribution in [0.3, 0.4) is 0 Å². The van der Waals surface area contributed by atoms with Crippen molar-refractivity contribution < 1.29 is 9.53 Å². The minimum absolute atomic E-state index is 0.00771. The van der Waals surface area contributed by atoms with E-state index in [4.69, 9.17) is 4.74 Å². The normalized spacial score (nSPS) is 16.8.